The molecule has 0 radical (unpaired) electrons. The number of fused-ring (bicyclic) bond motifs is 1. The van der Waals surface area contributed by atoms with Gasteiger partial charge in [-0.05, 0) is 63.3 Å². The van der Waals surface area contributed by atoms with Gasteiger partial charge >= 0.3 is 12.1 Å². The highest BCUT2D eigenvalue weighted by atomic mass is 32.2. The van der Waals surface area contributed by atoms with E-state index in [0.717, 1.165) is 43.9 Å². The fourth-order valence-corrected chi connectivity index (χ4v) is 5.85. The van der Waals surface area contributed by atoms with Gasteiger partial charge in [0, 0.05) is 24.1 Å². The number of alkyl halides is 5. The Morgan fingerprint density at radius 3 is 2.40 bits per heavy atom. The van der Waals surface area contributed by atoms with Gasteiger partial charge in [0.05, 0.1) is 23.2 Å². The third-order valence-corrected chi connectivity index (χ3v) is 8.23. The summed E-state index contributed by atoms with van der Waals surface area (Å²) in [4.78, 5) is 28.7. The van der Waals surface area contributed by atoms with Gasteiger partial charge in [-0.25, -0.2) is 41.3 Å². The molecule has 0 amide bonds. The van der Waals surface area contributed by atoms with Gasteiger partial charge in [-0.15, -0.1) is 0 Å². The topological polar surface area (TPSA) is 140 Å². The molecule has 43 heavy (non-hydrogen) atoms. The molecule has 3 aromatic rings. The molecule has 10 nitrogen and oxygen atoms in total. The fraction of sp³-hybridized carbons (Fsp3) is 0.462. The maximum absolute atomic E-state index is 15.3. The number of aryl methyl sites for hydroxylation is 1. The van der Waals surface area contributed by atoms with Crippen molar-refractivity contribution in [3.8, 4) is 11.3 Å². The summed E-state index contributed by atoms with van der Waals surface area (Å²) in [5.41, 5.74) is 6.58. The molecule has 1 aromatic carbocycles. The number of carbonyl (C=O) groups excluding carboxylic acids is 1. The SMILES string of the molecule is Cc1cc(-c2ccc(N(OC(=O)C(F)(F)F)S(=O)(=O)CCC(C)(F)F)c(F)c2)nc2cnc(NC3CCC(N)CC3)nc12. The summed E-state index contributed by atoms with van der Waals surface area (Å²) in [6.07, 6.45) is -2.01. The molecule has 2 heterocycles. The average Bonchev–Trinajstić information content (AvgIpc) is 2.91. The first-order valence-electron chi connectivity index (χ1n) is 13.1. The van der Waals surface area contributed by atoms with E-state index in [4.69, 9.17) is 5.73 Å². The highest BCUT2D eigenvalue weighted by Gasteiger charge is 2.45. The monoisotopic (exact) mass is 634 g/mol. The Morgan fingerprint density at radius 1 is 1.12 bits per heavy atom. The van der Waals surface area contributed by atoms with Crippen molar-refractivity contribution in [1.82, 2.24) is 15.0 Å². The van der Waals surface area contributed by atoms with Gasteiger partial charge in [0.2, 0.25) is 11.9 Å². The standard InChI is InChI=1S/C26H28F6N6O4S/c1-14-11-19(36-20-13-34-24(37-22(14)20)35-17-6-4-16(33)5-7-17)15-3-8-21(18(27)12-15)38(42-23(39)26(30,31)32)43(40,41)10-9-25(2,28)29/h3,8,11-13,16-17H,4-7,9-10,33H2,1-2H3,(H,34,35,37). The van der Waals surface area contributed by atoms with Crippen molar-refractivity contribution in [2.24, 2.45) is 5.73 Å². The second-order valence-corrected chi connectivity index (χ2v) is 12.3. The Bertz CT molecular complexity index is 1610. The van der Waals surface area contributed by atoms with Gasteiger partial charge in [-0.1, -0.05) is 10.5 Å². The molecule has 17 heteroatoms. The van der Waals surface area contributed by atoms with Crippen molar-refractivity contribution in [2.45, 2.75) is 70.1 Å². The Hall–Kier alpha value is -3.73. The Kier molecular flexibility index (Phi) is 9.06. The molecular formula is C26H28F6N6O4S. The molecule has 3 N–H and O–H groups in total. The second-order valence-electron chi connectivity index (χ2n) is 10.4. The molecule has 0 spiro atoms. The lowest BCUT2D eigenvalue weighted by atomic mass is 9.92. The van der Waals surface area contributed by atoms with Crippen LogP contribution in [-0.2, 0) is 19.7 Å². The van der Waals surface area contributed by atoms with Crippen LogP contribution in [0.1, 0.15) is 44.6 Å². The van der Waals surface area contributed by atoms with E-state index in [1.807, 2.05) is 0 Å². The third kappa shape index (κ3) is 8.01. The van der Waals surface area contributed by atoms with Crippen molar-refractivity contribution in [3.63, 3.8) is 0 Å². The lowest BCUT2D eigenvalue weighted by Gasteiger charge is -2.26. The van der Waals surface area contributed by atoms with Crippen LogP contribution in [0.25, 0.3) is 22.3 Å². The van der Waals surface area contributed by atoms with Crippen LogP contribution in [0.4, 0.5) is 38.0 Å². The number of anilines is 2. The van der Waals surface area contributed by atoms with Gasteiger partial charge in [0.25, 0.3) is 10.0 Å². The van der Waals surface area contributed by atoms with Crippen LogP contribution >= 0.6 is 0 Å². The molecular weight excluding hydrogens is 606 g/mol. The molecule has 4 rings (SSSR count). The maximum Gasteiger partial charge on any atom is 0.493 e. The van der Waals surface area contributed by atoms with Gasteiger partial charge in [0.15, 0.2) is 5.82 Å². The van der Waals surface area contributed by atoms with Crippen molar-refractivity contribution in [2.75, 3.05) is 15.5 Å². The normalized spacial score (nSPS) is 18.0. The molecule has 1 fully saturated rings. The number of benzene rings is 1. The average molecular weight is 635 g/mol. The lowest BCUT2D eigenvalue weighted by molar-refractivity contribution is -0.199. The molecule has 0 bridgehead atoms. The van der Waals surface area contributed by atoms with E-state index in [1.165, 1.54) is 6.20 Å². The predicted molar refractivity (Wildman–Crippen MR) is 145 cm³/mol. The molecule has 0 saturated heterocycles. The van der Waals surface area contributed by atoms with E-state index < -0.39 is 56.2 Å². The molecule has 1 aliphatic carbocycles. The molecule has 1 saturated carbocycles. The molecule has 0 unspecified atom stereocenters. The van der Waals surface area contributed by atoms with E-state index in [2.05, 4.69) is 25.1 Å². The quantitative estimate of drug-likeness (QED) is 0.245. The molecule has 0 aliphatic heterocycles. The van der Waals surface area contributed by atoms with Crippen molar-refractivity contribution < 1.29 is 44.4 Å². The lowest BCUT2D eigenvalue weighted by Crippen LogP contribution is -2.41. The number of nitrogens with zero attached hydrogens (tertiary/aromatic N) is 4. The van der Waals surface area contributed by atoms with Gasteiger partial charge in [-0.3, -0.25) is 0 Å². The zero-order valence-corrected chi connectivity index (χ0v) is 23.8. The molecule has 1 aliphatic rings. The third-order valence-electron chi connectivity index (χ3n) is 6.73. The summed E-state index contributed by atoms with van der Waals surface area (Å²) in [7, 11) is -5.19. The molecule has 0 atom stereocenters. The van der Waals surface area contributed by atoms with Gasteiger partial charge in [0.1, 0.15) is 11.2 Å². The Morgan fingerprint density at radius 2 is 1.79 bits per heavy atom. The summed E-state index contributed by atoms with van der Waals surface area (Å²) >= 11 is 0. The van der Waals surface area contributed by atoms with Crippen molar-refractivity contribution in [3.05, 3.63) is 41.8 Å². The zero-order valence-electron chi connectivity index (χ0n) is 23.0. The summed E-state index contributed by atoms with van der Waals surface area (Å²) in [5.74, 6) is -8.99. The van der Waals surface area contributed by atoms with Crippen LogP contribution < -0.4 is 15.5 Å². The number of halogens is 6. The first-order chi connectivity index (χ1) is 19.9. The Labute approximate surface area is 242 Å². The number of aromatic nitrogens is 3. The second kappa shape index (κ2) is 12.1. The summed E-state index contributed by atoms with van der Waals surface area (Å²) in [6, 6.07) is 4.52. The van der Waals surface area contributed by atoms with E-state index in [0.29, 0.717) is 29.5 Å². The number of carbonyl (C=O) groups is 1. The minimum absolute atomic E-state index is 0.0755. The van der Waals surface area contributed by atoms with Crippen molar-refractivity contribution >= 4 is 38.7 Å². The smallest absolute Gasteiger partial charge is 0.351 e. The minimum Gasteiger partial charge on any atom is -0.351 e. The van der Waals surface area contributed by atoms with Crippen LogP contribution in [0.3, 0.4) is 0 Å². The predicted octanol–water partition coefficient (Wildman–Crippen LogP) is 5.02. The van der Waals surface area contributed by atoms with Crippen LogP contribution in [0.5, 0.6) is 0 Å². The summed E-state index contributed by atoms with van der Waals surface area (Å²) in [5, 5.41) is 3.29. The number of nitrogens with two attached hydrogens (primary N) is 1. The fourth-order valence-electron chi connectivity index (χ4n) is 4.43. The van der Waals surface area contributed by atoms with Gasteiger partial charge in [-0.2, -0.15) is 13.2 Å². The van der Waals surface area contributed by atoms with E-state index in [1.54, 1.807) is 13.0 Å². The summed E-state index contributed by atoms with van der Waals surface area (Å²) in [6.45, 7) is 2.11. The maximum atomic E-state index is 15.3. The highest BCUT2D eigenvalue weighted by Crippen LogP contribution is 2.32. The first kappa shape index (κ1) is 32.2. The van der Waals surface area contributed by atoms with Crippen molar-refractivity contribution in [1.29, 1.82) is 0 Å². The number of sulfonamides is 1. The van der Waals surface area contributed by atoms with Crippen LogP contribution in [0, 0.1) is 12.7 Å². The number of pyridine rings is 1. The van der Waals surface area contributed by atoms with Crippen LogP contribution in [0.2, 0.25) is 0 Å². The number of rotatable bonds is 9. The van der Waals surface area contributed by atoms with Crippen LogP contribution in [-0.4, -0.2) is 59.3 Å². The van der Waals surface area contributed by atoms with E-state index >= 15 is 4.39 Å². The van der Waals surface area contributed by atoms with Crippen LogP contribution in [0.15, 0.2) is 30.5 Å². The van der Waals surface area contributed by atoms with Gasteiger partial charge < -0.3 is 15.9 Å². The Balaban J connectivity index is 1.64. The zero-order chi connectivity index (χ0) is 31.7. The van der Waals surface area contributed by atoms with E-state index in [9.17, 15) is 35.2 Å². The minimum atomic E-state index is -5.66. The molecule has 234 valence electrons. The van der Waals surface area contributed by atoms with E-state index in [-0.39, 0.29) is 23.3 Å². The largest absolute Gasteiger partial charge is 0.493 e. The summed E-state index contributed by atoms with van der Waals surface area (Å²) < 4.78 is 105. The number of hydrogen-bond acceptors (Lipinski definition) is 9. The number of hydrogen-bond donors (Lipinski definition) is 2. The highest BCUT2D eigenvalue weighted by molar-refractivity contribution is 7.92. The number of nitrogens with one attached hydrogen (secondary N) is 1. The molecule has 2 aromatic heterocycles. The first-order valence-corrected chi connectivity index (χ1v) is 14.7.